The van der Waals surface area contributed by atoms with Crippen molar-refractivity contribution in [3.8, 4) is 0 Å². The third kappa shape index (κ3) is 4.41. The number of aliphatic hydroxyl groups is 1. The second-order valence-corrected chi connectivity index (χ2v) is 6.31. The van der Waals surface area contributed by atoms with Crippen LogP contribution < -0.4 is 4.72 Å². The molecule has 0 amide bonds. The van der Waals surface area contributed by atoms with Gasteiger partial charge < -0.3 is 9.84 Å². The molecule has 1 rings (SSSR count). The first-order valence-electron chi connectivity index (χ1n) is 6.40. The number of hydrogen-bond acceptors (Lipinski definition) is 5. The van der Waals surface area contributed by atoms with Crippen molar-refractivity contribution in [3.63, 3.8) is 0 Å². The molecule has 1 unspecified atom stereocenters. The van der Waals surface area contributed by atoms with Gasteiger partial charge in [0.25, 0.3) is 10.2 Å². The van der Waals surface area contributed by atoms with E-state index in [1.807, 2.05) is 0 Å². The first kappa shape index (κ1) is 16.4. The topological polar surface area (TPSA) is 95.9 Å². The molecule has 0 saturated carbocycles. The zero-order valence-electron chi connectivity index (χ0n) is 11.3. The lowest BCUT2D eigenvalue weighted by Gasteiger charge is -2.31. The third-order valence-corrected chi connectivity index (χ3v) is 5.03. The monoisotopic (exact) mass is 294 g/mol. The number of carbonyl (C=O) groups is 1. The molecule has 0 spiro atoms. The van der Waals surface area contributed by atoms with Crippen molar-refractivity contribution in [2.24, 2.45) is 5.92 Å². The molecule has 2 N–H and O–H groups in total. The number of rotatable bonds is 6. The van der Waals surface area contributed by atoms with Crippen molar-refractivity contribution >= 4 is 16.2 Å². The second kappa shape index (κ2) is 7.18. The number of ether oxygens (including phenoxy) is 1. The summed E-state index contributed by atoms with van der Waals surface area (Å²) in [4.78, 5) is 11.4. The highest BCUT2D eigenvalue weighted by Gasteiger charge is 2.32. The minimum Gasteiger partial charge on any atom is -0.469 e. The number of hydrogen-bond donors (Lipinski definition) is 2. The van der Waals surface area contributed by atoms with Crippen LogP contribution in [-0.2, 0) is 19.7 Å². The molecule has 1 atom stereocenters. The summed E-state index contributed by atoms with van der Waals surface area (Å²) < 4.78 is 32.5. The summed E-state index contributed by atoms with van der Waals surface area (Å²) in [7, 11) is -2.26. The van der Waals surface area contributed by atoms with E-state index in [0.29, 0.717) is 19.3 Å². The Morgan fingerprint density at radius 1 is 1.47 bits per heavy atom. The van der Waals surface area contributed by atoms with Gasteiger partial charge in [-0.1, -0.05) is 6.92 Å². The van der Waals surface area contributed by atoms with Gasteiger partial charge in [-0.15, -0.1) is 0 Å². The molecule has 0 aromatic carbocycles. The number of nitrogens with zero attached hydrogens (tertiary/aromatic N) is 1. The van der Waals surface area contributed by atoms with Crippen LogP contribution in [0.4, 0.5) is 0 Å². The maximum atomic E-state index is 12.0. The number of esters is 1. The van der Waals surface area contributed by atoms with Crippen LogP contribution in [0.2, 0.25) is 0 Å². The van der Waals surface area contributed by atoms with Crippen molar-refractivity contribution in [1.29, 1.82) is 0 Å². The SMILES string of the molecule is CCC(CO)NS(=O)(=O)N1CCC(C(=O)OC)CC1. The van der Waals surface area contributed by atoms with Crippen LogP contribution in [0.5, 0.6) is 0 Å². The fraction of sp³-hybridized carbons (Fsp3) is 0.909. The van der Waals surface area contributed by atoms with Gasteiger partial charge in [-0.05, 0) is 19.3 Å². The van der Waals surface area contributed by atoms with Crippen LogP contribution in [-0.4, -0.2) is 56.6 Å². The van der Waals surface area contributed by atoms with Gasteiger partial charge in [0.2, 0.25) is 0 Å². The molecular weight excluding hydrogens is 272 g/mol. The molecule has 1 aliphatic rings. The Labute approximate surface area is 114 Å². The molecule has 1 fully saturated rings. The zero-order chi connectivity index (χ0) is 14.5. The molecular formula is C11H22N2O5S. The van der Waals surface area contributed by atoms with Crippen molar-refractivity contribution in [3.05, 3.63) is 0 Å². The van der Waals surface area contributed by atoms with E-state index in [0.717, 1.165) is 0 Å². The molecule has 0 radical (unpaired) electrons. The van der Waals surface area contributed by atoms with Crippen LogP contribution in [0.25, 0.3) is 0 Å². The highest BCUT2D eigenvalue weighted by atomic mass is 32.2. The average Bonchev–Trinajstić information content (AvgIpc) is 2.44. The van der Waals surface area contributed by atoms with E-state index in [9.17, 15) is 13.2 Å². The highest BCUT2D eigenvalue weighted by molar-refractivity contribution is 7.87. The molecule has 0 bridgehead atoms. The first-order valence-corrected chi connectivity index (χ1v) is 7.84. The maximum Gasteiger partial charge on any atom is 0.308 e. The normalized spacial score (nSPS) is 20.2. The highest BCUT2D eigenvalue weighted by Crippen LogP contribution is 2.20. The summed E-state index contributed by atoms with van der Waals surface area (Å²) in [6.45, 7) is 2.15. The smallest absolute Gasteiger partial charge is 0.308 e. The fourth-order valence-electron chi connectivity index (χ4n) is 2.03. The quantitative estimate of drug-likeness (QED) is 0.642. The van der Waals surface area contributed by atoms with Gasteiger partial charge >= 0.3 is 5.97 Å². The molecule has 1 aliphatic heterocycles. The van der Waals surface area contributed by atoms with Crippen molar-refractivity contribution in [1.82, 2.24) is 9.03 Å². The van der Waals surface area contributed by atoms with Gasteiger partial charge in [-0.25, -0.2) is 0 Å². The Morgan fingerprint density at radius 3 is 2.47 bits per heavy atom. The number of piperidine rings is 1. The van der Waals surface area contributed by atoms with Gasteiger partial charge in [0, 0.05) is 19.1 Å². The van der Waals surface area contributed by atoms with Crippen molar-refractivity contribution < 1.29 is 23.1 Å². The Balaban J connectivity index is 2.56. The van der Waals surface area contributed by atoms with Crippen LogP contribution in [0.1, 0.15) is 26.2 Å². The largest absolute Gasteiger partial charge is 0.469 e. The molecule has 0 aliphatic carbocycles. The summed E-state index contributed by atoms with van der Waals surface area (Å²) in [5, 5.41) is 9.03. The van der Waals surface area contributed by atoms with Gasteiger partial charge in [0.1, 0.15) is 0 Å². The van der Waals surface area contributed by atoms with Crippen LogP contribution >= 0.6 is 0 Å². The van der Waals surface area contributed by atoms with Crippen molar-refractivity contribution in [2.45, 2.75) is 32.2 Å². The van der Waals surface area contributed by atoms with E-state index in [-0.39, 0.29) is 31.6 Å². The fourth-order valence-corrected chi connectivity index (χ4v) is 3.54. The average molecular weight is 294 g/mol. The number of methoxy groups -OCH3 is 1. The Hall–Kier alpha value is -0.700. The van der Waals surface area contributed by atoms with E-state index in [2.05, 4.69) is 9.46 Å². The van der Waals surface area contributed by atoms with E-state index < -0.39 is 16.3 Å². The molecule has 1 heterocycles. The molecule has 1 saturated heterocycles. The zero-order valence-corrected chi connectivity index (χ0v) is 12.1. The van der Waals surface area contributed by atoms with E-state index in [1.165, 1.54) is 11.4 Å². The lowest BCUT2D eigenvalue weighted by molar-refractivity contribution is -0.146. The predicted molar refractivity (Wildman–Crippen MR) is 69.5 cm³/mol. The lowest BCUT2D eigenvalue weighted by atomic mass is 9.99. The molecule has 8 heteroatoms. The van der Waals surface area contributed by atoms with Gasteiger partial charge in [-0.2, -0.15) is 17.4 Å². The summed E-state index contributed by atoms with van der Waals surface area (Å²) in [5.74, 6) is -0.511. The maximum absolute atomic E-state index is 12.0. The van der Waals surface area contributed by atoms with Crippen molar-refractivity contribution in [2.75, 3.05) is 26.8 Å². The summed E-state index contributed by atoms with van der Waals surface area (Å²) in [6, 6.07) is -0.469. The molecule has 0 aromatic rings. The minimum atomic E-state index is -3.59. The van der Waals surface area contributed by atoms with Crippen LogP contribution in [0.15, 0.2) is 0 Å². The minimum absolute atomic E-state index is 0.226. The predicted octanol–water partition coefficient (Wildman–Crippen LogP) is -0.523. The van der Waals surface area contributed by atoms with Crippen LogP contribution in [0.3, 0.4) is 0 Å². The summed E-state index contributed by atoms with van der Waals surface area (Å²) >= 11 is 0. The first-order chi connectivity index (χ1) is 8.94. The van der Waals surface area contributed by atoms with E-state index >= 15 is 0 Å². The molecule has 7 nitrogen and oxygen atoms in total. The standard InChI is InChI=1S/C11H22N2O5S/c1-3-10(8-14)12-19(16,17)13-6-4-9(5-7-13)11(15)18-2/h9-10,12,14H,3-8H2,1-2H3. The van der Waals surface area contributed by atoms with E-state index in [1.54, 1.807) is 6.92 Å². The van der Waals surface area contributed by atoms with E-state index in [4.69, 9.17) is 5.11 Å². The Kier molecular flexibility index (Phi) is 6.18. The van der Waals surface area contributed by atoms with Gasteiger partial charge in [0.05, 0.1) is 19.6 Å². The Morgan fingerprint density at radius 2 is 2.05 bits per heavy atom. The number of carbonyl (C=O) groups excluding carboxylic acids is 1. The van der Waals surface area contributed by atoms with Crippen LogP contribution in [0, 0.1) is 5.92 Å². The number of nitrogens with one attached hydrogen (secondary N) is 1. The summed E-state index contributed by atoms with van der Waals surface area (Å²) in [6.07, 6.45) is 1.45. The Bertz CT molecular complexity index is 386. The number of aliphatic hydroxyl groups excluding tert-OH is 1. The second-order valence-electron chi connectivity index (χ2n) is 4.61. The molecule has 0 aromatic heterocycles. The third-order valence-electron chi connectivity index (χ3n) is 3.36. The van der Waals surface area contributed by atoms with Gasteiger partial charge in [0.15, 0.2) is 0 Å². The summed E-state index contributed by atoms with van der Waals surface area (Å²) in [5.41, 5.74) is 0. The lowest BCUT2D eigenvalue weighted by Crippen LogP contribution is -2.49. The molecule has 112 valence electrons. The van der Waals surface area contributed by atoms with Gasteiger partial charge in [-0.3, -0.25) is 4.79 Å². The molecule has 19 heavy (non-hydrogen) atoms.